The van der Waals surface area contributed by atoms with Crippen molar-refractivity contribution in [2.45, 2.75) is 50.4 Å². The molecular formula is C18H24F6O5. The Hall–Kier alpha value is -1.40. The first-order valence-electron chi connectivity index (χ1n) is 8.37. The van der Waals surface area contributed by atoms with E-state index in [1.807, 2.05) is 0 Å². The summed E-state index contributed by atoms with van der Waals surface area (Å²) in [5.41, 5.74) is -7.48. The fourth-order valence-electron chi connectivity index (χ4n) is 2.45. The number of hydrogen-bond acceptors (Lipinski definition) is 5. The van der Waals surface area contributed by atoms with Gasteiger partial charge in [0.1, 0.15) is 13.6 Å². The molecule has 5 nitrogen and oxygen atoms in total. The zero-order valence-electron chi connectivity index (χ0n) is 16.6. The summed E-state index contributed by atoms with van der Waals surface area (Å²) in [7, 11) is 2.21. The molecule has 0 saturated carbocycles. The SMILES string of the molecule is COCOC(C)(c1cc(C(C)O)cc(C(C)(OCOC)C(F)(F)F)c1)C(F)(F)F. The molecule has 0 amide bonds. The van der Waals surface area contributed by atoms with Gasteiger partial charge in [0, 0.05) is 14.2 Å². The Labute approximate surface area is 164 Å². The van der Waals surface area contributed by atoms with Gasteiger partial charge >= 0.3 is 12.4 Å². The van der Waals surface area contributed by atoms with Gasteiger partial charge in [0.25, 0.3) is 0 Å². The number of ether oxygens (including phenoxy) is 4. The largest absolute Gasteiger partial charge is 0.421 e. The lowest BCUT2D eigenvalue weighted by atomic mass is 9.85. The number of hydrogen-bond donors (Lipinski definition) is 1. The van der Waals surface area contributed by atoms with Crippen LogP contribution in [0.3, 0.4) is 0 Å². The fraction of sp³-hybridized carbons (Fsp3) is 0.667. The van der Waals surface area contributed by atoms with Crippen molar-refractivity contribution >= 4 is 0 Å². The molecule has 0 aliphatic rings. The topological polar surface area (TPSA) is 57.2 Å². The molecule has 0 heterocycles. The van der Waals surface area contributed by atoms with Crippen LogP contribution in [0.25, 0.3) is 0 Å². The monoisotopic (exact) mass is 434 g/mol. The van der Waals surface area contributed by atoms with Crippen LogP contribution in [0.5, 0.6) is 0 Å². The number of benzene rings is 1. The van der Waals surface area contributed by atoms with Crippen LogP contribution < -0.4 is 0 Å². The van der Waals surface area contributed by atoms with Gasteiger partial charge in [-0.25, -0.2) is 0 Å². The second-order valence-corrected chi connectivity index (χ2v) is 6.68. The van der Waals surface area contributed by atoms with Crippen LogP contribution in [0.4, 0.5) is 26.3 Å². The summed E-state index contributed by atoms with van der Waals surface area (Å²) in [6.45, 7) is 1.02. The lowest BCUT2D eigenvalue weighted by Crippen LogP contribution is -2.45. The molecule has 3 atom stereocenters. The minimum atomic E-state index is -5.00. The molecule has 0 saturated heterocycles. The summed E-state index contributed by atoms with van der Waals surface area (Å²) in [6.07, 6.45) is -11.3. The van der Waals surface area contributed by atoms with Crippen LogP contribution >= 0.6 is 0 Å². The Kier molecular flexibility index (Phi) is 8.11. The van der Waals surface area contributed by atoms with Crippen LogP contribution in [0, 0.1) is 0 Å². The van der Waals surface area contributed by atoms with E-state index >= 15 is 0 Å². The standard InChI is InChI=1S/C18H24F6O5/c1-11(25)12-6-13(15(2,17(19,20)21)28-9-26-4)8-14(7-12)16(3,18(22,23)24)29-10-27-5/h6-8,11,25H,9-10H2,1-5H3. The zero-order valence-corrected chi connectivity index (χ0v) is 16.6. The minimum Gasteiger partial charge on any atom is -0.389 e. The highest BCUT2D eigenvalue weighted by Gasteiger charge is 2.57. The normalized spacial score (nSPS) is 18.2. The van der Waals surface area contributed by atoms with Gasteiger partial charge in [-0.15, -0.1) is 0 Å². The number of aliphatic hydroxyl groups excluding tert-OH is 1. The highest BCUT2D eigenvalue weighted by Crippen LogP contribution is 2.47. The van der Waals surface area contributed by atoms with Crippen molar-refractivity contribution in [2.24, 2.45) is 0 Å². The maximum Gasteiger partial charge on any atom is 0.421 e. The zero-order chi connectivity index (χ0) is 22.7. The van der Waals surface area contributed by atoms with E-state index in [0.717, 1.165) is 26.4 Å². The summed E-state index contributed by atoms with van der Waals surface area (Å²) in [5, 5.41) is 9.87. The molecule has 1 aromatic rings. The van der Waals surface area contributed by atoms with Gasteiger partial charge in [-0.1, -0.05) is 0 Å². The van der Waals surface area contributed by atoms with E-state index in [-0.39, 0.29) is 5.56 Å². The Morgan fingerprint density at radius 1 is 0.793 bits per heavy atom. The van der Waals surface area contributed by atoms with E-state index in [1.54, 1.807) is 0 Å². The Bertz CT molecular complexity index is 625. The number of halogens is 6. The number of rotatable bonds is 9. The van der Waals surface area contributed by atoms with E-state index in [4.69, 9.17) is 9.47 Å². The second-order valence-electron chi connectivity index (χ2n) is 6.68. The van der Waals surface area contributed by atoms with Crippen LogP contribution in [0.2, 0.25) is 0 Å². The van der Waals surface area contributed by atoms with Crippen molar-refractivity contribution < 1.29 is 50.4 Å². The van der Waals surface area contributed by atoms with Gasteiger partial charge in [-0.2, -0.15) is 26.3 Å². The van der Waals surface area contributed by atoms with E-state index in [1.165, 1.54) is 6.92 Å². The smallest absolute Gasteiger partial charge is 0.389 e. The number of aliphatic hydroxyl groups is 1. The summed E-state index contributed by atoms with van der Waals surface area (Å²) < 4.78 is 102. The molecule has 1 N–H and O–H groups in total. The van der Waals surface area contributed by atoms with E-state index < -0.39 is 54.4 Å². The van der Waals surface area contributed by atoms with Gasteiger partial charge in [0.05, 0.1) is 6.10 Å². The summed E-state index contributed by atoms with van der Waals surface area (Å²) >= 11 is 0. The highest BCUT2D eigenvalue weighted by molar-refractivity contribution is 5.39. The van der Waals surface area contributed by atoms with Gasteiger partial charge in [0.2, 0.25) is 0 Å². The Morgan fingerprint density at radius 3 is 1.38 bits per heavy atom. The Balaban J connectivity index is 3.77. The molecule has 0 aliphatic carbocycles. The molecule has 11 heteroatoms. The third-order valence-corrected chi connectivity index (χ3v) is 4.55. The highest BCUT2D eigenvalue weighted by atomic mass is 19.4. The average Bonchev–Trinajstić information content (AvgIpc) is 2.61. The molecule has 0 aliphatic heterocycles. The first kappa shape index (κ1) is 25.6. The molecule has 168 valence electrons. The second kappa shape index (κ2) is 9.17. The van der Waals surface area contributed by atoms with Crippen molar-refractivity contribution in [3.05, 3.63) is 34.9 Å². The Morgan fingerprint density at radius 2 is 1.14 bits per heavy atom. The van der Waals surface area contributed by atoms with E-state index in [0.29, 0.717) is 19.9 Å². The molecule has 1 rings (SSSR count). The predicted molar refractivity (Wildman–Crippen MR) is 89.8 cm³/mol. The van der Waals surface area contributed by atoms with E-state index in [2.05, 4.69) is 9.47 Å². The van der Waals surface area contributed by atoms with Crippen LogP contribution in [0.1, 0.15) is 43.6 Å². The number of methoxy groups -OCH3 is 2. The average molecular weight is 434 g/mol. The van der Waals surface area contributed by atoms with Crippen molar-refractivity contribution in [1.82, 2.24) is 0 Å². The number of alkyl halides is 6. The molecular weight excluding hydrogens is 410 g/mol. The van der Waals surface area contributed by atoms with Crippen molar-refractivity contribution in [3.63, 3.8) is 0 Å². The summed E-state index contributed by atoms with van der Waals surface area (Å²) in [5.74, 6) is 0. The van der Waals surface area contributed by atoms with Gasteiger partial charge < -0.3 is 24.1 Å². The van der Waals surface area contributed by atoms with Gasteiger partial charge in [-0.05, 0) is 55.7 Å². The van der Waals surface area contributed by atoms with Crippen LogP contribution in [-0.4, -0.2) is 45.3 Å². The summed E-state index contributed by atoms with van der Waals surface area (Å²) in [4.78, 5) is 0. The van der Waals surface area contributed by atoms with Crippen molar-refractivity contribution in [1.29, 1.82) is 0 Å². The predicted octanol–water partition coefficient (Wildman–Crippen LogP) is 4.54. The third-order valence-electron chi connectivity index (χ3n) is 4.55. The first-order chi connectivity index (χ1) is 13.1. The van der Waals surface area contributed by atoms with Crippen molar-refractivity contribution in [2.75, 3.05) is 27.8 Å². The van der Waals surface area contributed by atoms with Crippen LogP contribution in [-0.2, 0) is 30.1 Å². The summed E-state index contributed by atoms with van der Waals surface area (Å²) in [6, 6.07) is 2.56. The first-order valence-corrected chi connectivity index (χ1v) is 8.37. The molecule has 3 unspecified atom stereocenters. The lowest BCUT2D eigenvalue weighted by Gasteiger charge is -2.36. The fourth-order valence-corrected chi connectivity index (χ4v) is 2.45. The minimum absolute atomic E-state index is 0.175. The molecule has 0 spiro atoms. The van der Waals surface area contributed by atoms with Gasteiger partial charge in [-0.3, -0.25) is 0 Å². The van der Waals surface area contributed by atoms with E-state index in [9.17, 15) is 31.4 Å². The maximum absolute atomic E-state index is 13.8. The van der Waals surface area contributed by atoms with Crippen molar-refractivity contribution in [3.8, 4) is 0 Å². The lowest BCUT2D eigenvalue weighted by molar-refractivity contribution is -0.298. The molecule has 29 heavy (non-hydrogen) atoms. The molecule has 0 aromatic heterocycles. The quantitative estimate of drug-likeness (QED) is 0.457. The van der Waals surface area contributed by atoms with Gasteiger partial charge in [0.15, 0.2) is 11.2 Å². The van der Waals surface area contributed by atoms with Crippen LogP contribution in [0.15, 0.2) is 18.2 Å². The third kappa shape index (κ3) is 5.40. The molecule has 0 radical (unpaired) electrons. The maximum atomic E-state index is 13.8. The molecule has 0 fully saturated rings. The molecule has 1 aromatic carbocycles. The molecule has 0 bridgehead atoms.